The highest BCUT2D eigenvalue weighted by Gasteiger charge is 2.24. The molecular formula is C18H15ClFN3O2. The van der Waals surface area contributed by atoms with Crippen molar-refractivity contribution in [3.05, 3.63) is 64.7 Å². The lowest BCUT2D eigenvalue weighted by Gasteiger charge is -2.26. The molecule has 1 aromatic heterocycles. The number of carbonyl (C=O) groups excluding carboxylic acids is 1. The Balaban J connectivity index is 1.56. The van der Waals surface area contributed by atoms with Crippen molar-refractivity contribution in [1.82, 2.24) is 14.9 Å². The lowest BCUT2D eigenvalue weighted by molar-refractivity contribution is 0.0553. The van der Waals surface area contributed by atoms with E-state index in [2.05, 4.69) is 10.3 Å². The van der Waals surface area contributed by atoms with Crippen molar-refractivity contribution < 1.29 is 13.9 Å². The summed E-state index contributed by atoms with van der Waals surface area (Å²) < 4.78 is 21.0. The first-order valence-electron chi connectivity index (χ1n) is 7.90. The van der Waals surface area contributed by atoms with Gasteiger partial charge in [-0.05, 0) is 36.4 Å². The number of fused-ring (bicyclic) bond motifs is 3. The number of hydrogen-bond acceptors (Lipinski definition) is 3. The first kappa shape index (κ1) is 16.1. The molecule has 1 atom stereocenters. The second kappa shape index (κ2) is 6.46. The standard InChI is InChI=1S/C18H15ClFN3O2/c19-12-3-1-11(2-4-12)18(24)21-8-14-9-25-10-17-22-15-7-13(20)5-6-16(15)23(14)17/h1-7,14H,8-10H2,(H,21,24)/t14-/m0/s1. The van der Waals surface area contributed by atoms with Crippen LogP contribution in [-0.4, -0.2) is 28.6 Å². The summed E-state index contributed by atoms with van der Waals surface area (Å²) in [6.45, 7) is 1.21. The van der Waals surface area contributed by atoms with Gasteiger partial charge in [-0.1, -0.05) is 11.6 Å². The Labute approximate surface area is 148 Å². The number of aromatic nitrogens is 2. The summed E-state index contributed by atoms with van der Waals surface area (Å²) >= 11 is 5.84. The molecule has 128 valence electrons. The fourth-order valence-electron chi connectivity index (χ4n) is 3.06. The van der Waals surface area contributed by atoms with Crippen LogP contribution in [0.5, 0.6) is 0 Å². The van der Waals surface area contributed by atoms with Crippen LogP contribution >= 0.6 is 11.6 Å². The molecule has 2 heterocycles. The van der Waals surface area contributed by atoms with E-state index < -0.39 is 0 Å². The van der Waals surface area contributed by atoms with Crippen molar-refractivity contribution >= 4 is 28.5 Å². The Kier molecular flexibility index (Phi) is 4.15. The maximum Gasteiger partial charge on any atom is 0.251 e. The van der Waals surface area contributed by atoms with E-state index in [1.165, 1.54) is 12.1 Å². The second-order valence-electron chi connectivity index (χ2n) is 5.92. The molecule has 0 saturated heterocycles. The number of nitrogens with zero attached hydrogens (tertiary/aromatic N) is 2. The minimum absolute atomic E-state index is 0.101. The number of halogens is 2. The molecule has 1 aliphatic heterocycles. The van der Waals surface area contributed by atoms with Gasteiger partial charge in [0, 0.05) is 23.2 Å². The van der Waals surface area contributed by atoms with Crippen LogP contribution in [0.1, 0.15) is 22.2 Å². The predicted octanol–water partition coefficient (Wildman–Crippen LogP) is 3.33. The van der Waals surface area contributed by atoms with E-state index in [1.54, 1.807) is 30.3 Å². The zero-order valence-corrected chi connectivity index (χ0v) is 14.0. The van der Waals surface area contributed by atoms with E-state index in [9.17, 15) is 9.18 Å². The van der Waals surface area contributed by atoms with Gasteiger partial charge in [0.1, 0.15) is 18.2 Å². The molecule has 4 rings (SSSR count). The van der Waals surface area contributed by atoms with Gasteiger partial charge in [-0.25, -0.2) is 9.37 Å². The van der Waals surface area contributed by atoms with E-state index in [1.807, 2.05) is 4.57 Å². The van der Waals surface area contributed by atoms with Gasteiger partial charge in [-0.15, -0.1) is 0 Å². The lowest BCUT2D eigenvalue weighted by Crippen LogP contribution is -2.35. The maximum atomic E-state index is 13.4. The van der Waals surface area contributed by atoms with Gasteiger partial charge in [-0.3, -0.25) is 4.79 Å². The zero-order chi connectivity index (χ0) is 17.4. The minimum Gasteiger partial charge on any atom is -0.371 e. The summed E-state index contributed by atoms with van der Waals surface area (Å²) in [5.41, 5.74) is 1.97. The van der Waals surface area contributed by atoms with Crippen LogP contribution < -0.4 is 5.32 Å². The summed E-state index contributed by atoms with van der Waals surface area (Å²) in [5, 5.41) is 3.49. The third-order valence-corrected chi connectivity index (χ3v) is 4.49. The molecule has 5 nitrogen and oxygen atoms in total. The Morgan fingerprint density at radius 3 is 2.92 bits per heavy atom. The van der Waals surface area contributed by atoms with Crippen LogP contribution in [0.15, 0.2) is 42.5 Å². The summed E-state index contributed by atoms with van der Waals surface area (Å²) in [6, 6.07) is 11.1. The number of rotatable bonds is 3. The molecule has 0 spiro atoms. The molecule has 0 fully saturated rings. The van der Waals surface area contributed by atoms with Crippen molar-refractivity contribution in [2.24, 2.45) is 0 Å². The molecule has 25 heavy (non-hydrogen) atoms. The van der Waals surface area contributed by atoms with E-state index in [0.29, 0.717) is 35.9 Å². The van der Waals surface area contributed by atoms with Crippen LogP contribution in [-0.2, 0) is 11.3 Å². The number of benzene rings is 2. The highest BCUT2D eigenvalue weighted by atomic mass is 35.5. The van der Waals surface area contributed by atoms with Gasteiger partial charge in [0.15, 0.2) is 0 Å². The smallest absolute Gasteiger partial charge is 0.251 e. The van der Waals surface area contributed by atoms with Crippen molar-refractivity contribution in [2.45, 2.75) is 12.6 Å². The fraction of sp³-hybridized carbons (Fsp3) is 0.222. The summed E-state index contributed by atoms with van der Waals surface area (Å²) in [7, 11) is 0. The average Bonchev–Trinajstić information content (AvgIpc) is 2.98. The number of amides is 1. The summed E-state index contributed by atoms with van der Waals surface area (Å²) in [4.78, 5) is 16.7. The van der Waals surface area contributed by atoms with Gasteiger partial charge in [-0.2, -0.15) is 0 Å². The molecule has 0 saturated carbocycles. The number of imidazole rings is 1. The average molecular weight is 360 g/mol. The highest BCUT2D eigenvalue weighted by molar-refractivity contribution is 6.30. The van der Waals surface area contributed by atoms with Gasteiger partial charge >= 0.3 is 0 Å². The molecule has 0 bridgehead atoms. The van der Waals surface area contributed by atoms with Crippen molar-refractivity contribution in [1.29, 1.82) is 0 Å². The van der Waals surface area contributed by atoms with Crippen LogP contribution in [0.25, 0.3) is 11.0 Å². The van der Waals surface area contributed by atoms with Crippen molar-refractivity contribution in [3.63, 3.8) is 0 Å². The predicted molar refractivity (Wildman–Crippen MR) is 92.2 cm³/mol. The van der Waals surface area contributed by atoms with Crippen LogP contribution in [0.2, 0.25) is 5.02 Å². The minimum atomic E-state index is -0.323. The topological polar surface area (TPSA) is 56.1 Å². The number of ether oxygens (including phenoxy) is 1. The molecule has 0 aliphatic carbocycles. The van der Waals surface area contributed by atoms with Gasteiger partial charge in [0.2, 0.25) is 0 Å². The van der Waals surface area contributed by atoms with Crippen LogP contribution in [0, 0.1) is 5.82 Å². The molecule has 1 N–H and O–H groups in total. The van der Waals surface area contributed by atoms with Crippen LogP contribution in [0.3, 0.4) is 0 Å². The van der Waals surface area contributed by atoms with Gasteiger partial charge in [0.25, 0.3) is 5.91 Å². The molecule has 2 aromatic carbocycles. The third kappa shape index (κ3) is 3.10. The Bertz CT molecular complexity index is 939. The third-order valence-electron chi connectivity index (χ3n) is 4.24. The van der Waals surface area contributed by atoms with E-state index in [0.717, 1.165) is 11.3 Å². The maximum absolute atomic E-state index is 13.4. The van der Waals surface area contributed by atoms with E-state index in [-0.39, 0.29) is 17.8 Å². The molecule has 0 radical (unpaired) electrons. The molecule has 0 unspecified atom stereocenters. The second-order valence-corrected chi connectivity index (χ2v) is 6.35. The molecule has 7 heteroatoms. The largest absolute Gasteiger partial charge is 0.371 e. The first-order valence-corrected chi connectivity index (χ1v) is 8.27. The summed E-state index contributed by atoms with van der Waals surface area (Å²) in [6.07, 6.45) is 0. The van der Waals surface area contributed by atoms with E-state index in [4.69, 9.17) is 16.3 Å². The number of carbonyl (C=O) groups is 1. The normalized spacial score (nSPS) is 16.6. The van der Waals surface area contributed by atoms with E-state index >= 15 is 0 Å². The zero-order valence-electron chi connectivity index (χ0n) is 13.2. The van der Waals surface area contributed by atoms with Gasteiger partial charge < -0.3 is 14.6 Å². The first-order chi connectivity index (χ1) is 12.1. The Hall–Kier alpha value is -2.44. The van der Waals surface area contributed by atoms with Crippen molar-refractivity contribution in [2.75, 3.05) is 13.2 Å². The Morgan fingerprint density at radius 1 is 1.32 bits per heavy atom. The number of hydrogen-bond donors (Lipinski definition) is 1. The lowest BCUT2D eigenvalue weighted by atomic mass is 10.2. The SMILES string of the molecule is O=C(NC[C@H]1COCc2nc3cc(F)ccc3n21)c1ccc(Cl)cc1. The molecule has 1 amide bonds. The van der Waals surface area contributed by atoms with Gasteiger partial charge in [0.05, 0.1) is 23.7 Å². The van der Waals surface area contributed by atoms with Crippen LogP contribution in [0.4, 0.5) is 4.39 Å². The quantitative estimate of drug-likeness (QED) is 0.780. The Morgan fingerprint density at radius 2 is 2.12 bits per heavy atom. The molecular weight excluding hydrogens is 345 g/mol. The molecule has 1 aliphatic rings. The van der Waals surface area contributed by atoms with Crippen molar-refractivity contribution in [3.8, 4) is 0 Å². The monoisotopic (exact) mass is 359 g/mol. The highest BCUT2D eigenvalue weighted by Crippen LogP contribution is 2.26. The molecule has 3 aromatic rings. The summed E-state index contributed by atoms with van der Waals surface area (Å²) in [5.74, 6) is 0.230. The fourth-order valence-corrected chi connectivity index (χ4v) is 3.18. The number of nitrogens with one attached hydrogen (secondary N) is 1.